The molecule has 3 rings (SSSR count). The fourth-order valence-electron chi connectivity index (χ4n) is 3.02. The molecular weight excluding hydrogens is 344 g/mol. The van der Waals surface area contributed by atoms with Crippen LogP contribution >= 0.6 is 11.6 Å². The Labute approximate surface area is 149 Å². The number of fused-ring (bicyclic) bond motifs is 1. The third kappa shape index (κ3) is 2.70. The van der Waals surface area contributed by atoms with Gasteiger partial charge in [-0.2, -0.15) is 0 Å². The van der Waals surface area contributed by atoms with Gasteiger partial charge in [-0.1, -0.05) is 36.4 Å². The van der Waals surface area contributed by atoms with Gasteiger partial charge in [-0.25, -0.2) is 0 Å². The van der Waals surface area contributed by atoms with Gasteiger partial charge in [0.15, 0.2) is 17.0 Å². The topological polar surface area (TPSA) is 69.7 Å². The van der Waals surface area contributed by atoms with E-state index in [4.69, 9.17) is 21.1 Å². The van der Waals surface area contributed by atoms with Gasteiger partial charge >= 0.3 is 5.97 Å². The van der Waals surface area contributed by atoms with Crippen LogP contribution in [0.2, 0.25) is 0 Å². The third-order valence-corrected chi connectivity index (χ3v) is 4.55. The molecular formula is C19H15ClO5. The lowest BCUT2D eigenvalue weighted by Gasteiger charge is -2.26. The first kappa shape index (κ1) is 17.2. The van der Waals surface area contributed by atoms with Gasteiger partial charge in [0.1, 0.15) is 18.2 Å². The third-order valence-electron chi connectivity index (χ3n) is 4.33. The predicted octanol–water partition coefficient (Wildman–Crippen LogP) is 2.79. The highest BCUT2D eigenvalue weighted by Gasteiger charge is 2.55. The Bertz CT molecular complexity index is 806. The average Bonchev–Trinajstić information content (AvgIpc) is 2.88. The van der Waals surface area contributed by atoms with E-state index in [1.807, 2.05) is 0 Å². The second-order valence-electron chi connectivity index (χ2n) is 5.63. The van der Waals surface area contributed by atoms with Crippen LogP contribution in [0.25, 0.3) is 0 Å². The summed E-state index contributed by atoms with van der Waals surface area (Å²) in [5.41, 5.74) is -0.505. The van der Waals surface area contributed by atoms with Crippen LogP contribution in [0.3, 0.4) is 0 Å². The molecule has 0 saturated carbocycles. The zero-order valence-corrected chi connectivity index (χ0v) is 14.2. The molecule has 0 N–H and O–H groups in total. The van der Waals surface area contributed by atoms with Crippen LogP contribution in [0.15, 0.2) is 48.5 Å². The molecule has 0 fully saturated rings. The molecule has 5 nitrogen and oxygen atoms in total. The summed E-state index contributed by atoms with van der Waals surface area (Å²) in [6.45, 7) is -0.392. The number of Topliss-reactive ketones (excluding diaryl/α,β-unsaturated/α-hetero) is 2. The molecule has 0 aromatic heterocycles. The van der Waals surface area contributed by atoms with Gasteiger partial charge in [-0.15, -0.1) is 11.6 Å². The van der Waals surface area contributed by atoms with Crippen molar-refractivity contribution in [3.8, 4) is 5.75 Å². The van der Waals surface area contributed by atoms with Crippen LogP contribution in [-0.2, 0) is 14.9 Å². The highest BCUT2D eigenvalue weighted by Crippen LogP contribution is 2.40. The van der Waals surface area contributed by atoms with E-state index in [0.29, 0.717) is 22.4 Å². The lowest BCUT2D eigenvalue weighted by molar-refractivity contribution is -0.141. The molecule has 0 atom stereocenters. The molecule has 1 aliphatic carbocycles. The number of halogens is 1. The average molecular weight is 359 g/mol. The minimum atomic E-state index is -1.60. The van der Waals surface area contributed by atoms with E-state index in [0.717, 1.165) is 0 Å². The van der Waals surface area contributed by atoms with Crippen LogP contribution in [0.4, 0.5) is 0 Å². The summed E-state index contributed by atoms with van der Waals surface area (Å²) in [7, 11) is 1.52. The Hall–Kier alpha value is -2.66. The zero-order valence-electron chi connectivity index (χ0n) is 13.5. The molecule has 2 aromatic carbocycles. The van der Waals surface area contributed by atoms with E-state index in [1.54, 1.807) is 48.5 Å². The van der Waals surface area contributed by atoms with Gasteiger partial charge in [-0.3, -0.25) is 14.4 Å². The minimum Gasteiger partial charge on any atom is -0.497 e. The Balaban J connectivity index is 2.11. The number of benzene rings is 2. The van der Waals surface area contributed by atoms with E-state index in [1.165, 1.54) is 7.11 Å². The maximum atomic E-state index is 13.1. The van der Waals surface area contributed by atoms with Crippen LogP contribution in [0.1, 0.15) is 26.3 Å². The molecule has 0 spiro atoms. The molecule has 25 heavy (non-hydrogen) atoms. The Morgan fingerprint density at radius 1 is 1.00 bits per heavy atom. The number of carbonyl (C=O) groups excluding carboxylic acids is 3. The number of methoxy groups -OCH3 is 1. The van der Waals surface area contributed by atoms with E-state index >= 15 is 0 Å². The first-order chi connectivity index (χ1) is 12.0. The molecule has 0 heterocycles. The van der Waals surface area contributed by atoms with Gasteiger partial charge in [0.25, 0.3) is 0 Å². The Morgan fingerprint density at radius 3 is 2.04 bits per heavy atom. The predicted molar refractivity (Wildman–Crippen MR) is 91.5 cm³/mol. The fourth-order valence-corrected chi connectivity index (χ4v) is 3.10. The number of ether oxygens (including phenoxy) is 2. The van der Waals surface area contributed by atoms with Gasteiger partial charge in [-0.05, 0) is 17.7 Å². The lowest BCUT2D eigenvalue weighted by Crippen LogP contribution is -2.43. The number of alkyl halides is 1. The molecule has 1 aliphatic rings. The summed E-state index contributed by atoms with van der Waals surface area (Å²) in [5.74, 6) is -1.23. The van der Waals surface area contributed by atoms with E-state index < -0.39 is 18.0 Å². The number of rotatable bonds is 5. The number of esters is 1. The molecule has 2 aromatic rings. The quantitative estimate of drug-likeness (QED) is 0.467. The first-order valence-corrected chi connectivity index (χ1v) is 8.13. The zero-order chi connectivity index (χ0) is 18.0. The molecule has 6 heteroatoms. The number of hydrogen-bond acceptors (Lipinski definition) is 5. The van der Waals surface area contributed by atoms with E-state index in [-0.39, 0.29) is 17.4 Å². The molecule has 0 unspecified atom stereocenters. The second kappa shape index (κ2) is 6.69. The molecule has 0 bridgehead atoms. The Kier molecular flexibility index (Phi) is 4.59. The van der Waals surface area contributed by atoms with Crippen molar-refractivity contribution in [2.24, 2.45) is 0 Å². The van der Waals surface area contributed by atoms with Gasteiger partial charge in [0.05, 0.1) is 7.11 Å². The largest absolute Gasteiger partial charge is 0.497 e. The fraction of sp³-hybridized carbons (Fsp3) is 0.211. The van der Waals surface area contributed by atoms with Gasteiger partial charge in [0.2, 0.25) is 0 Å². The summed E-state index contributed by atoms with van der Waals surface area (Å²) < 4.78 is 10.2. The number of carbonyl (C=O) groups is 3. The van der Waals surface area contributed by atoms with Crippen molar-refractivity contribution in [2.45, 2.75) is 5.41 Å². The summed E-state index contributed by atoms with van der Waals surface area (Å²) in [6, 6.07) is 13.2. The van der Waals surface area contributed by atoms with Crippen LogP contribution in [0, 0.1) is 0 Å². The number of hydrogen-bond donors (Lipinski definition) is 0. The molecule has 0 amide bonds. The smallest absolute Gasteiger partial charge is 0.320 e. The standard InChI is InChI=1S/C19H15ClO5/c1-24-13-8-6-12(7-9-13)19(11-25-16(21)10-20)17(22)14-4-2-3-5-15(14)18(19)23/h2-9H,10-11H2,1H3. The van der Waals surface area contributed by atoms with Gasteiger partial charge < -0.3 is 9.47 Å². The minimum absolute atomic E-state index is 0.324. The summed E-state index contributed by atoms with van der Waals surface area (Å²) in [6.07, 6.45) is 0. The highest BCUT2D eigenvalue weighted by molar-refractivity contribution is 6.33. The van der Waals surface area contributed by atoms with Crippen LogP contribution in [0.5, 0.6) is 5.75 Å². The van der Waals surface area contributed by atoms with Crippen LogP contribution in [-0.4, -0.2) is 37.1 Å². The maximum absolute atomic E-state index is 13.1. The van der Waals surface area contributed by atoms with Crippen molar-refractivity contribution in [3.63, 3.8) is 0 Å². The Morgan fingerprint density at radius 2 is 1.56 bits per heavy atom. The first-order valence-electron chi connectivity index (χ1n) is 7.59. The monoisotopic (exact) mass is 358 g/mol. The normalized spacial score (nSPS) is 15.0. The maximum Gasteiger partial charge on any atom is 0.320 e. The molecule has 0 aliphatic heterocycles. The summed E-state index contributed by atoms with van der Waals surface area (Å²) >= 11 is 5.47. The second-order valence-corrected chi connectivity index (χ2v) is 5.90. The van der Waals surface area contributed by atoms with Crippen LogP contribution < -0.4 is 4.74 Å². The molecule has 128 valence electrons. The van der Waals surface area contributed by atoms with Crippen molar-refractivity contribution < 1.29 is 23.9 Å². The summed E-state index contributed by atoms with van der Waals surface area (Å²) in [4.78, 5) is 37.7. The SMILES string of the molecule is COc1ccc(C2(COC(=O)CCl)C(=O)c3ccccc3C2=O)cc1. The molecule has 0 radical (unpaired) electrons. The number of ketones is 2. The van der Waals surface area contributed by atoms with Crippen molar-refractivity contribution in [2.75, 3.05) is 19.6 Å². The van der Waals surface area contributed by atoms with Crippen molar-refractivity contribution in [3.05, 3.63) is 65.2 Å². The highest BCUT2D eigenvalue weighted by atomic mass is 35.5. The van der Waals surface area contributed by atoms with E-state index in [9.17, 15) is 14.4 Å². The van der Waals surface area contributed by atoms with Gasteiger partial charge in [0, 0.05) is 11.1 Å². The lowest BCUT2D eigenvalue weighted by atomic mass is 9.76. The van der Waals surface area contributed by atoms with Crippen molar-refractivity contribution >= 4 is 29.1 Å². The van der Waals surface area contributed by atoms with Crippen molar-refractivity contribution in [1.29, 1.82) is 0 Å². The molecule has 0 saturated heterocycles. The van der Waals surface area contributed by atoms with Crippen molar-refractivity contribution in [1.82, 2.24) is 0 Å². The van der Waals surface area contributed by atoms with E-state index in [2.05, 4.69) is 0 Å². The summed E-state index contributed by atoms with van der Waals surface area (Å²) in [5, 5.41) is 0.